The van der Waals surface area contributed by atoms with E-state index in [0.29, 0.717) is 42.9 Å². The SMILES string of the molecule is CC(C)N(Cc1ccc(Cl)c(Cl)c1)C(=O)c1cn(CCN2CCOCC2)c(O)c1O. The van der Waals surface area contributed by atoms with Crippen LogP contribution in [0.15, 0.2) is 24.4 Å². The van der Waals surface area contributed by atoms with Crippen molar-refractivity contribution in [3.05, 3.63) is 45.6 Å². The first-order valence-electron chi connectivity index (χ1n) is 9.94. The summed E-state index contributed by atoms with van der Waals surface area (Å²) in [7, 11) is 0. The van der Waals surface area contributed by atoms with Crippen LogP contribution in [0, 0.1) is 0 Å². The predicted octanol–water partition coefficient (Wildman–Crippen LogP) is 3.59. The summed E-state index contributed by atoms with van der Waals surface area (Å²) in [5.74, 6) is -1.07. The maximum absolute atomic E-state index is 13.2. The lowest BCUT2D eigenvalue weighted by molar-refractivity contribution is 0.0361. The highest BCUT2D eigenvalue weighted by molar-refractivity contribution is 6.42. The summed E-state index contributed by atoms with van der Waals surface area (Å²) >= 11 is 12.1. The Balaban J connectivity index is 1.76. The summed E-state index contributed by atoms with van der Waals surface area (Å²) in [5.41, 5.74) is 0.894. The van der Waals surface area contributed by atoms with Crippen molar-refractivity contribution in [3.8, 4) is 11.6 Å². The average molecular weight is 456 g/mol. The molecule has 0 atom stereocenters. The fourth-order valence-corrected chi connectivity index (χ4v) is 3.73. The maximum atomic E-state index is 13.2. The summed E-state index contributed by atoms with van der Waals surface area (Å²) in [4.78, 5) is 17.0. The molecule has 1 aliphatic heterocycles. The molecule has 1 amide bonds. The number of aromatic hydroxyl groups is 2. The van der Waals surface area contributed by atoms with E-state index in [2.05, 4.69) is 4.90 Å². The molecule has 0 unspecified atom stereocenters. The van der Waals surface area contributed by atoms with Crippen molar-refractivity contribution in [2.24, 2.45) is 0 Å². The number of amides is 1. The van der Waals surface area contributed by atoms with Crippen molar-refractivity contribution >= 4 is 29.1 Å². The van der Waals surface area contributed by atoms with Crippen LogP contribution in [0.3, 0.4) is 0 Å². The van der Waals surface area contributed by atoms with Gasteiger partial charge in [0, 0.05) is 45.0 Å². The molecule has 0 bridgehead atoms. The zero-order chi connectivity index (χ0) is 21.8. The molecule has 1 aromatic carbocycles. The second-order valence-electron chi connectivity index (χ2n) is 7.64. The van der Waals surface area contributed by atoms with E-state index < -0.39 is 5.75 Å². The van der Waals surface area contributed by atoms with E-state index in [-0.39, 0.29) is 23.4 Å². The van der Waals surface area contributed by atoms with Crippen molar-refractivity contribution in [2.45, 2.75) is 33.0 Å². The number of halogens is 2. The number of aromatic nitrogens is 1. The fraction of sp³-hybridized carbons (Fsp3) is 0.476. The lowest BCUT2D eigenvalue weighted by Gasteiger charge is -2.27. The average Bonchev–Trinajstić information content (AvgIpc) is 3.01. The first-order valence-corrected chi connectivity index (χ1v) is 10.7. The van der Waals surface area contributed by atoms with E-state index in [0.717, 1.165) is 18.7 Å². The molecular weight excluding hydrogens is 429 g/mol. The molecule has 0 aliphatic carbocycles. The molecule has 9 heteroatoms. The monoisotopic (exact) mass is 455 g/mol. The van der Waals surface area contributed by atoms with Gasteiger partial charge in [0.2, 0.25) is 5.88 Å². The summed E-state index contributed by atoms with van der Waals surface area (Å²) in [6.07, 6.45) is 1.51. The van der Waals surface area contributed by atoms with Gasteiger partial charge in [-0.25, -0.2) is 0 Å². The van der Waals surface area contributed by atoms with Crippen LogP contribution in [0.4, 0.5) is 0 Å². The van der Waals surface area contributed by atoms with Gasteiger partial charge in [0.05, 0.1) is 23.3 Å². The van der Waals surface area contributed by atoms with Crippen LogP contribution in [0.1, 0.15) is 29.8 Å². The highest BCUT2D eigenvalue weighted by Gasteiger charge is 2.27. The van der Waals surface area contributed by atoms with Crippen molar-refractivity contribution in [2.75, 3.05) is 32.8 Å². The number of hydrogen-bond donors (Lipinski definition) is 2. The summed E-state index contributed by atoms with van der Waals surface area (Å²) in [6.45, 7) is 8.25. The van der Waals surface area contributed by atoms with Gasteiger partial charge >= 0.3 is 0 Å². The topological polar surface area (TPSA) is 78.2 Å². The normalized spacial score (nSPS) is 15.0. The van der Waals surface area contributed by atoms with Crippen LogP contribution < -0.4 is 0 Å². The highest BCUT2D eigenvalue weighted by atomic mass is 35.5. The minimum atomic E-state index is -0.401. The predicted molar refractivity (Wildman–Crippen MR) is 116 cm³/mol. The third kappa shape index (κ3) is 5.21. The van der Waals surface area contributed by atoms with Crippen LogP contribution >= 0.6 is 23.2 Å². The first-order chi connectivity index (χ1) is 14.3. The Kier molecular flexibility index (Phi) is 7.52. The Morgan fingerprint density at radius 1 is 1.17 bits per heavy atom. The number of carbonyl (C=O) groups is 1. The van der Waals surface area contributed by atoms with Crippen molar-refractivity contribution in [1.29, 1.82) is 0 Å². The number of carbonyl (C=O) groups excluding carboxylic acids is 1. The Hall–Kier alpha value is -1.93. The minimum Gasteiger partial charge on any atom is -0.503 e. The van der Waals surface area contributed by atoms with Crippen LogP contribution in [0.5, 0.6) is 11.6 Å². The Bertz CT molecular complexity index is 895. The van der Waals surface area contributed by atoms with Crippen LogP contribution in [0.2, 0.25) is 10.0 Å². The zero-order valence-electron chi connectivity index (χ0n) is 17.1. The third-order valence-corrected chi connectivity index (χ3v) is 5.98. The summed E-state index contributed by atoms with van der Waals surface area (Å²) < 4.78 is 6.85. The highest BCUT2D eigenvalue weighted by Crippen LogP contribution is 2.33. The minimum absolute atomic E-state index is 0.0724. The number of morpholine rings is 1. The van der Waals surface area contributed by atoms with Crippen molar-refractivity contribution < 1.29 is 19.7 Å². The molecule has 1 aromatic heterocycles. The van der Waals surface area contributed by atoms with Crippen LogP contribution in [-0.4, -0.2) is 69.4 Å². The van der Waals surface area contributed by atoms with Gasteiger partial charge in [-0.05, 0) is 31.5 Å². The van der Waals surface area contributed by atoms with Gasteiger partial charge in [-0.1, -0.05) is 29.3 Å². The van der Waals surface area contributed by atoms with Gasteiger partial charge in [-0.3, -0.25) is 9.69 Å². The Morgan fingerprint density at radius 2 is 1.87 bits per heavy atom. The summed E-state index contributed by atoms with van der Waals surface area (Å²) in [6, 6.07) is 5.08. The number of ether oxygens (including phenoxy) is 1. The van der Waals surface area contributed by atoms with Gasteiger partial charge in [0.25, 0.3) is 5.91 Å². The molecule has 7 nitrogen and oxygen atoms in total. The van der Waals surface area contributed by atoms with Gasteiger partial charge < -0.3 is 24.4 Å². The molecule has 0 radical (unpaired) electrons. The van der Waals surface area contributed by atoms with Gasteiger partial charge in [-0.2, -0.15) is 0 Å². The van der Waals surface area contributed by atoms with Crippen molar-refractivity contribution in [1.82, 2.24) is 14.4 Å². The van der Waals surface area contributed by atoms with Gasteiger partial charge in [0.1, 0.15) is 5.56 Å². The van der Waals surface area contributed by atoms with E-state index in [4.69, 9.17) is 27.9 Å². The van der Waals surface area contributed by atoms with E-state index in [1.165, 1.54) is 10.8 Å². The Labute approximate surface area is 186 Å². The molecular formula is C21H27Cl2N3O4. The quantitative estimate of drug-likeness (QED) is 0.666. The smallest absolute Gasteiger partial charge is 0.259 e. The number of rotatable bonds is 7. The molecule has 0 spiro atoms. The van der Waals surface area contributed by atoms with Gasteiger partial charge in [-0.15, -0.1) is 0 Å². The van der Waals surface area contributed by atoms with E-state index in [1.54, 1.807) is 17.0 Å². The van der Waals surface area contributed by atoms with E-state index in [9.17, 15) is 15.0 Å². The summed E-state index contributed by atoms with van der Waals surface area (Å²) in [5, 5.41) is 21.6. The molecule has 1 saturated heterocycles. The molecule has 3 rings (SSSR count). The molecule has 1 aliphatic rings. The second kappa shape index (κ2) is 9.92. The fourth-order valence-electron chi connectivity index (χ4n) is 3.41. The molecule has 30 heavy (non-hydrogen) atoms. The Morgan fingerprint density at radius 3 is 2.50 bits per heavy atom. The van der Waals surface area contributed by atoms with Crippen LogP contribution in [-0.2, 0) is 17.8 Å². The van der Waals surface area contributed by atoms with E-state index >= 15 is 0 Å². The van der Waals surface area contributed by atoms with Gasteiger partial charge in [0.15, 0.2) is 5.75 Å². The maximum Gasteiger partial charge on any atom is 0.259 e. The van der Waals surface area contributed by atoms with E-state index in [1.807, 2.05) is 19.9 Å². The molecule has 2 N–H and O–H groups in total. The second-order valence-corrected chi connectivity index (χ2v) is 8.45. The number of benzene rings is 1. The third-order valence-electron chi connectivity index (χ3n) is 5.24. The largest absolute Gasteiger partial charge is 0.503 e. The molecule has 1 fully saturated rings. The molecule has 0 saturated carbocycles. The standard InChI is InChI=1S/C21H27Cl2N3O4/c1-14(2)26(12-15-3-4-17(22)18(23)11-15)20(28)16-13-25(21(29)19(16)27)6-5-24-7-9-30-10-8-24/h3-4,11,13-14,27,29H,5-10,12H2,1-2H3. The van der Waals surface area contributed by atoms with Crippen molar-refractivity contribution in [3.63, 3.8) is 0 Å². The first kappa shape index (κ1) is 22.7. The zero-order valence-corrected chi connectivity index (χ0v) is 18.7. The number of hydrogen-bond acceptors (Lipinski definition) is 5. The molecule has 164 valence electrons. The van der Waals surface area contributed by atoms with Crippen LogP contribution in [0.25, 0.3) is 0 Å². The number of nitrogens with zero attached hydrogens (tertiary/aromatic N) is 3. The molecule has 2 aromatic rings. The molecule has 2 heterocycles. The lowest BCUT2D eigenvalue weighted by Crippen LogP contribution is -2.38. The lowest BCUT2D eigenvalue weighted by atomic mass is 10.1.